The molecule has 0 N–H and O–H groups in total. The zero-order chi connectivity index (χ0) is 10.8. The van der Waals surface area contributed by atoms with Crippen LogP contribution in [0.4, 0.5) is 0 Å². The first-order valence-electron chi connectivity index (χ1n) is 5.62. The van der Waals surface area contributed by atoms with E-state index in [1.807, 2.05) is 0 Å². The van der Waals surface area contributed by atoms with E-state index in [0.717, 1.165) is 44.6 Å². The van der Waals surface area contributed by atoms with Crippen molar-refractivity contribution in [3.8, 4) is 0 Å². The van der Waals surface area contributed by atoms with Gasteiger partial charge in [0.05, 0.1) is 0 Å². The van der Waals surface area contributed by atoms with Crippen molar-refractivity contribution in [2.24, 2.45) is 0 Å². The fraction of sp³-hybridized carbons (Fsp3) is 0.909. The van der Waals surface area contributed by atoms with Gasteiger partial charge in [-0.25, -0.2) is 0 Å². The average molecular weight is 217 g/mol. The van der Waals surface area contributed by atoms with E-state index < -0.39 is 0 Å². The van der Waals surface area contributed by atoms with Crippen molar-refractivity contribution in [2.75, 3.05) is 25.4 Å². The van der Waals surface area contributed by atoms with Gasteiger partial charge in [-0.3, -0.25) is 4.79 Å². The van der Waals surface area contributed by atoms with E-state index in [2.05, 4.69) is 25.7 Å². The molecule has 0 aliphatic heterocycles. The molecule has 0 fully saturated rings. The lowest BCUT2D eigenvalue weighted by Gasteiger charge is -2.16. The molecular weight excluding hydrogens is 194 g/mol. The molecule has 0 saturated heterocycles. The molecule has 2 nitrogen and oxygen atoms in total. The highest BCUT2D eigenvalue weighted by Crippen LogP contribution is 2.08. The predicted octanol–water partition coefficient (Wildman–Crippen LogP) is 2.78. The van der Waals surface area contributed by atoms with Gasteiger partial charge in [0.25, 0.3) is 0 Å². The number of rotatable bonds is 8. The van der Waals surface area contributed by atoms with Gasteiger partial charge in [0.2, 0.25) is 0 Å². The first-order valence-corrected chi connectivity index (χ1v) is 6.61. The summed E-state index contributed by atoms with van der Waals surface area (Å²) in [7, 11) is 0. The zero-order valence-electron chi connectivity index (χ0n) is 9.71. The molecule has 0 aliphatic rings. The van der Waals surface area contributed by atoms with Crippen molar-refractivity contribution in [3.05, 3.63) is 0 Å². The van der Waals surface area contributed by atoms with E-state index in [9.17, 15) is 4.79 Å². The third-order valence-corrected chi connectivity index (χ3v) is 3.21. The number of unbranched alkanes of at least 4 members (excludes halogenated alkanes) is 1. The van der Waals surface area contributed by atoms with Crippen LogP contribution in [-0.2, 0) is 4.79 Å². The van der Waals surface area contributed by atoms with E-state index in [1.54, 1.807) is 0 Å². The van der Waals surface area contributed by atoms with Crippen LogP contribution in [0.25, 0.3) is 0 Å². The first-order chi connectivity index (χ1) is 6.74. The molecule has 0 spiro atoms. The number of hydrogen-bond donors (Lipinski definition) is 0. The zero-order valence-corrected chi connectivity index (χ0v) is 10.5. The quantitative estimate of drug-likeness (QED) is 0.623. The Labute approximate surface area is 92.4 Å². The predicted molar refractivity (Wildman–Crippen MR) is 64.8 cm³/mol. The molecule has 0 aromatic heterocycles. The summed E-state index contributed by atoms with van der Waals surface area (Å²) in [6.07, 6.45) is 2.90. The molecule has 0 radical (unpaired) electrons. The SMILES string of the molecule is CCCCC(=O)SCCN(CC)CC. The van der Waals surface area contributed by atoms with Gasteiger partial charge < -0.3 is 4.90 Å². The summed E-state index contributed by atoms with van der Waals surface area (Å²) >= 11 is 1.49. The smallest absolute Gasteiger partial charge is 0.188 e. The minimum atomic E-state index is 0.360. The summed E-state index contributed by atoms with van der Waals surface area (Å²) in [6.45, 7) is 9.64. The molecule has 14 heavy (non-hydrogen) atoms. The van der Waals surface area contributed by atoms with Crippen LogP contribution in [0.15, 0.2) is 0 Å². The highest BCUT2D eigenvalue weighted by atomic mass is 32.2. The lowest BCUT2D eigenvalue weighted by atomic mass is 10.3. The summed E-state index contributed by atoms with van der Waals surface area (Å²) < 4.78 is 0. The van der Waals surface area contributed by atoms with Gasteiger partial charge in [0.15, 0.2) is 5.12 Å². The largest absolute Gasteiger partial charge is 0.303 e. The van der Waals surface area contributed by atoms with E-state index in [-0.39, 0.29) is 0 Å². The van der Waals surface area contributed by atoms with Crippen LogP contribution in [0.2, 0.25) is 0 Å². The minimum absolute atomic E-state index is 0.360. The molecule has 0 heterocycles. The fourth-order valence-corrected chi connectivity index (χ4v) is 2.09. The van der Waals surface area contributed by atoms with Crippen molar-refractivity contribution in [1.82, 2.24) is 4.90 Å². The van der Waals surface area contributed by atoms with E-state index >= 15 is 0 Å². The van der Waals surface area contributed by atoms with Crippen LogP contribution in [0.1, 0.15) is 40.0 Å². The van der Waals surface area contributed by atoms with Crippen molar-refractivity contribution in [3.63, 3.8) is 0 Å². The minimum Gasteiger partial charge on any atom is -0.303 e. The Hall–Kier alpha value is -0.0200. The molecule has 0 aromatic rings. The molecule has 84 valence electrons. The van der Waals surface area contributed by atoms with Gasteiger partial charge in [-0.15, -0.1) is 0 Å². The molecule has 0 aromatic carbocycles. The molecule has 3 heteroatoms. The molecule has 0 atom stereocenters. The van der Waals surface area contributed by atoms with Gasteiger partial charge in [-0.2, -0.15) is 0 Å². The average Bonchev–Trinajstić information content (AvgIpc) is 2.21. The second-order valence-electron chi connectivity index (χ2n) is 3.35. The second kappa shape index (κ2) is 9.53. The summed E-state index contributed by atoms with van der Waals surface area (Å²) in [5.41, 5.74) is 0. The van der Waals surface area contributed by atoms with Crippen LogP contribution in [0.3, 0.4) is 0 Å². The van der Waals surface area contributed by atoms with E-state index in [1.165, 1.54) is 11.8 Å². The Kier molecular flexibility index (Phi) is 9.52. The maximum atomic E-state index is 11.3. The summed E-state index contributed by atoms with van der Waals surface area (Å²) in [4.78, 5) is 13.7. The van der Waals surface area contributed by atoms with Crippen molar-refractivity contribution in [1.29, 1.82) is 0 Å². The van der Waals surface area contributed by atoms with Crippen LogP contribution < -0.4 is 0 Å². The third kappa shape index (κ3) is 7.39. The van der Waals surface area contributed by atoms with Gasteiger partial charge in [-0.1, -0.05) is 39.0 Å². The highest BCUT2D eigenvalue weighted by molar-refractivity contribution is 8.13. The summed E-state index contributed by atoms with van der Waals surface area (Å²) in [5.74, 6) is 0.949. The van der Waals surface area contributed by atoms with Crippen molar-refractivity contribution >= 4 is 16.9 Å². The van der Waals surface area contributed by atoms with Crippen LogP contribution >= 0.6 is 11.8 Å². The Morgan fingerprint density at radius 3 is 2.36 bits per heavy atom. The molecule has 0 aliphatic carbocycles. The van der Waals surface area contributed by atoms with Gasteiger partial charge >= 0.3 is 0 Å². The number of hydrogen-bond acceptors (Lipinski definition) is 3. The topological polar surface area (TPSA) is 20.3 Å². The maximum Gasteiger partial charge on any atom is 0.188 e. The maximum absolute atomic E-state index is 11.3. The van der Waals surface area contributed by atoms with Crippen LogP contribution in [-0.4, -0.2) is 35.4 Å². The van der Waals surface area contributed by atoms with Crippen molar-refractivity contribution < 1.29 is 4.79 Å². The Morgan fingerprint density at radius 2 is 1.86 bits per heavy atom. The van der Waals surface area contributed by atoms with Crippen LogP contribution in [0, 0.1) is 0 Å². The van der Waals surface area contributed by atoms with E-state index in [4.69, 9.17) is 0 Å². The number of carbonyl (C=O) groups excluding carboxylic acids is 1. The molecule has 0 amide bonds. The van der Waals surface area contributed by atoms with Crippen molar-refractivity contribution in [2.45, 2.75) is 40.0 Å². The van der Waals surface area contributed by atoms with Gasteiger partial charge in [0, 0.05) is 18.7 Å². The molecule has 0 saturated carbocycles. The fourth-order valence-electron chi connectivity index (χ4n) is 1.22. The molecule has 0 bridgehead atoms. The summed E-state index contributed by atoms with van der Waals surface area (Å²) in [6, 6.07) is 0. The summed E-state index contributed by atoms with van der Waals surface area (Å²) in [5, 5.41) is 0.360. The standard InChI is InChI=1S/C11H23NOS/c1-4-7-8-11(13)14-10-9-12(5-2)6-3/h4-10H2,1-3H3. The monoisotopic (exact) mass is 217 g/mol. The Morgan fingerprint density at radius 1 is 1.21 bits per heavy atom. The molecule has 0 unspecified atom stereocenters. The lowest BCUT2D eigenvalue weighted by Crippen LogP contribution is -2.25. The van der Waals surface area contributed by atoms with Gasteiger partial charge in [0.1, 0.15) is 0 Å². The first kappa shape index (κ1) is 14.0. The lowest BCUT2D eigenvalue weighted by molar-refractivity contribution is -0.111. The number of nitrogens with zero attached hydrogens (tertiary/aromatic N) is 1. The highest BCUT2D eigenvalue weighted by Gasteiger charge is 2.03. The van der Waals surface area contributed by atoms with E-state index in [0.29, 0.717) is 5.12 Å². The Balaban J connectivity index is 3.38. The second-order valence-corrected chi connectivity index (χ2v) is 4.50. The number of carbonyl (C=O) groups is 1. The normalized spacial score (nSPS) is 10.9. The van der Waals surface area contributed by atoms with Crippen LogP contribution in [0.5, 0.6) is 0 Å². The third-order valence-electron chi connectivity index (χ3n) is 2.30. The van der Waals surface area contributed by atoms with Gasteiger partial charge in [-0.05, 0) is 19.5 Å². The number of thioether (sulfide) groups is 1. The Bertz CT molecular complexity index is 146. The molecular formula is C11H23NOS. The molecule has 0 rings (SSSR count).